The minimum Gasteiger partial charge on any atom is -0.369 e. The standard InChI is InChI=1S/C8H10N2O/c1-6-2-3-7(5-10-6)4-8(9)11/h2-3,5H,4H2,1H3,(H2,9,11). The van der Waals surface area contributed by atoms with Gasteiger partial charge in [0, 0.05) is 11.9 Å². The lowest BCUT2D eigenvalue weighted by Crippen LogP contribution is -2.13. The van der Waals surface area contributed by atoms with E-state index in [2.05, 4.69) is 4.98 Å². The Balaban J connectivity index is 2.74. The number of nitrogens with two attached hydrogens (primary N) is 1. The predicted molar refractivity (Wildman–Crippen MR) is 41.9 cm³/mol. The van der Waals surface area contributed by atoms with E-state index in [9.17, 15) is 4.79 Å². The average molecular weight is 150 g/mol. The summed E-state index contributed by atoms with van der Waals surface area (Å²) in [5.41, 5.74) is 6.80. The third-order valence-corrected chi connectivity index (χ3v) is 1.35. The predicted octanol–water partition coefficient (Wildman–Crippen LogP) is 0.418. The first-order valence-electron chi connectivity index (χ1n) is 3.38. The molecule has 1 rings (SSSR count). The molecule has 0 spiro atoms. The Bertz CT molecular complexity index is 253. The second-order valence-corrected chi connectivity index (χ2v) is 2.45. The van der Waals surface area contributed by atoms with Crippen molar-refractivity contribution in [1.82, 2.24) is 4.98 Å². The van der Waals surface area contributed by atoms with Crippen molar-refractivity contribution in [1.29, 1.82) is 0 Å². The minimum atomic E-state index is -0.323. The van der Waals surface area contributed by atoms with Crippen molar-refractivity contribution in [3.05, 3.63) is 29.6 Å². The van der Waals surface area contributed by atoms with Crippen LogP contribution >= 0.6 is 0 Å². The van der Waals surface area contributed by atoms with Crippen molar-refractivity contribution in [3.63, 3.8) is 0 Å². The molecule has 58 valence electrons. The molecule has 1 amide bonds. The van der Waals surface area contributed by atoms with Crippen LogP contribution in [0.25, 0.3) is 0 Å². The number of nitrogens with zero attached hydrogens (tertiary/aromatic N) is 1. The van der Waals surface area contributed by atoms with Crippen molar-refractivity contribution < 1.29 is 4.79 Å². The summed E-state index contributed by atoms with van der Waals surface area (Å²) in [5.74, 6) is -0.323. The number of aryl methyl sites for hydroxylation is 1. The summed E-state index contributed by atoms with van der Waals surface area (Å²) in [7, 11) is 0. The van der Waals surface area contributed by atoms with Crippen LogP contribution in [0, 0.1) is 6.92 Å². The van der Waals surface area contributed by atoms with Crippen LogP contribution in [-0.2, 0) is 11.2 Å². The lowest BCUT2D eigenvalue weighted by molar-refractivity contribution is -0.117. The average Bonchev–Trinajstić information content (AvgIpc) is 1.93. The third kappa shape index (κ3) is 2.37. The summed E-state index contributed by atoms with van der Waals surface area (Å²) in [6.07, 6.45) is 1.94. The maximum absolute atomic E-state index is 10.4. The zero-order valence-corrected chi connectivity index (χ0v) is 6.37. The highest BCUT2D eigenvalue weighted by Gasteiger charge is 1.96. The molecule has 0 aliphatic carbocycles. The second-order valence-electron chi connectivity index (χ2n) is 2.45. The summed E-state index contributed by atoms with van der Waals surface area (Å²) in [6.45, 7) is 1.90. The lowest BCUT2D eigenvalue weighted by Gasteiger charge is -1.96. The van der Waals surface area contributed by atoms with Crippen LogP contribution < -0.4 is 5.73 Å². The highest BCUT2D eigenvalue weighted by atomic mass is 16.1. The molecule has 0 atom stereocenters. The van der Waals surface area contributed by atoms with Gasteiger partial charge in [-0.3, -0.25) is 9.78 Å². The highest BCUT2D eigenvalue weighted by molar-refractivity contribution is 5.76. The molecular weight excluding hydrogens is 140 g/mol. The summed E-state index contributed by atoms with van der Waals surface area (Å²) < 4.78 is 0. The Morgan fingerprint density at radius 1 is 1.64 bits per heavy atom. The van der Waals surface area contributed by atoms with Gasteiger partial charge in [0.15, 0.2) is 0 Å². The van der Waals surface area contributed by atoms with Crippen molar-refractivity contribution in [3.8, 4) is 0 Å². The first-order chi connectivity index (χ1) is 5.18. The zero-order valence-electron chi connectivity index (χ0n) is 6.37. The molecule has 1 aromatic heterocycles. The van der Waals surface area contributed by atoms with E-state index < -0.39 is 0 Å². The molecule has 0 aromatic carbocycles. The molecule has 0 saturated carbocycles. The van der Waals surface area contributed by atoms with Gasteiger partial charge in [0.25, 0.3) is 0 Å². The lowest BCUT2D eigenvalue weighted by atomic mass is 10.2. The van der Waals surface area contributed by atoms with Gasteiger partial charge in [-0.25, -0.2) is 0 Å². The SMILES string of the molecule is Cc1ccc(CC(N)=O)cn1. The number of primary amides is 1. The molecule has 0 bridgehead atoms. The van der Waals surface area contributed by atoms with Gasteiger partial charge in [-0.05, 0) is 18.6 Å². The maximum atomic E-state index is 10.4. The van der Waals surface area contributed by atoms with Crippen LogP contribution in [0.2, 0.25) is 0 Å². The molecule has 0 radical (unpaired) electrons. The molecule has 3 heteroatoms. The highest BCUT2D eigenvalue weighted by Crippen LogP contribution is 1.98. The van der Waals surface area contributed by atoms with Crippen LogP contribution in [0.4, 0.5) is 0 Å². The molecule has 0 unspecified atom stereocenters. The summed E-state index contributed by atoms with van der Waals surface area (Å²) in [6, 6.07) is 3.71. The van der Waals surface area contributed by atoms with Crippen LogP contribution in [0.5, 0.6) is 0 Å². The normalized spacial score (nSPS) is 9.55. The van der Waals surface area contributed by atoms with E-state index in [1.54, 1.807) is 6.20 Å². The first-order valence-corrected chi connectivity index (χ1v) is 3.38. The number of aromatic nitrogens is 1. The monoisotopic (exact) mass is 150 g/mol. The van der Waals surface area contributed by atoms with Crippen molar-refractivity contribution in [2.75, 3.05) is 0 Å². The number of carbonyl (C=O) groups excluding carboxylic acids is 1. The second kappa shape index (κ2) is 3.14. The number of hydrogen-bond acceptors (Lipinski definition) is 2. The fraction of sp³-hybridized carbons (Fsp3) is 0.250. The van der Waals surface area contributed by atoms with Gasteiger partial charge < -0.3 is 5.73 Å². The molecule has 1 heterocycles. The van der Waals surface area contributed by atoms with Crippen LogP contribution in [0.15, 0.2) is 18.3 Å². The maximum Gasteiger partial charge on any atom is 0.221 e. The smallest absolute Gasteiger partial charge is 0.221 e. The minimum absolute atomic E-state index is 0.271. The number of rotatable bonds is 2. The van der Waals surface area contributed by atoms with E-state index in [1.807, 2.05) is 19.1 Å². The number of amides is 1. The third-order valence-electron chi connectivity index (χ3n) is 1.35. The van der Waals surface area contributed by atoms with Gasteiger partial charge >= 0.3 is 0 Å². The van der Waals surface area contributed by atoms with Crippen LogP contribution in [0.3, 0.4) is 0 Å². The van der Waals surface area contributed by atoms with E-state index >= 15 is 0 Å². The summed E-state index contributed by atoms with van der Waals surface area (Å²) >= 11 is 0. The summed E-state index contributed by atoms with van der Waals surface area (Å²) in [4.78, 5) is 14.5. The Hall–Kier alpha value is -1.38. The largest absolute Gasteiger partial charge is 0.369 e. The zero-order chi connectivity index (χ0) is 8.27. The molecule has 0 aliphatic rings. The Kier molecular flexibility index (Phi) is 2.21. The molecule has 3 nitrogen and oxygen atoms in total. The topological polar surface area (TPSA) is 56.0 Å². The van der Waals surface area contributed by atoms with E-state index in [0.29, 0.717) is 0 Å². The number of hydrogen-bond donors (Lipinski definition) is 1. The Morgan fingerprint density at radius 3 is 2.82 bits per heavy atom. The Labute approximate surface area is 65.2 Å². The molecule has 0 saturated heterocycles. The quantitative estimate of drug-likeness (QED) is 0.664. The van der Waals surface area contributed by atoms with E-state index in [0.717, 1.165) is 11.3 Å². The van der Waals surface area contributed by atoms with Gasteiger partial charge in [0.1, 0.15) is 0 Å². The van der Waals surface area contributed by atoms with E-state index in [-0.39, 0.29) is 12.3 Å². The number of pyridine rings is 1. The summed E-state index contributed by atoms with van der Waals surface area (Å²) in [5, 5.41) is 0. The van der Waals surface area contributed by atoms with E-state index in [1.165, 1.54) is 0 Å². The molecule has 2 N–H and O–H groups in total. The Morgan fingerprint density at radius 2 is 2.36 bits per heavy atom. The first kappa shape index (κ1) is 7.72. The molecule has 0 fully saturated rings. The molecule has 0 aliphatic heterocycles. The van der Waals surface area contributed by atoms with Gasteiger partial charge in [-0.1, -0.05) is 6.07 Å². The van der Waals surface area contributed by atoms with Crippen molar-refractivity contribution in [2.24, 2.45) is 5.73 Å². The van der Waals surface area contributed by atoms with Crippen LogP contribution in [-0.4, -0.2) is 10.9 Å². The van der Waals surface area contributed by atoms with Crippen LogP contribution in [0.1, 0.15) is 11.3 Å². The van der Waals surface area contributed by atoms with E-state index in [4.69, 9.17) is 5.73 Å². The van der Waals surface area contributed by atoms with Gasteiger partial charge in [0.05, 0.1) is 6.42 Å². The molecular formula is C8H10N2O. The fourth-order valence-electron chi connectivity index (χ4n) is 0.804. The van der Waals surface area contributed by atoms with Crippen molar-refractivity contribution in [2.45, 2.75) is 13.3 Å². The van der Waals surface area contributed by atoms with Crippen molar-refractivity contribution >= 4 is 5.91 Å². The number of carbonyl (C=O) groups is 1. The van der Waals surface area contributed by atoms with Gasteiger partial charge in [0.2, 0.25) is 5.91 Å². The van der Waals surface area contributed by atoms with Gasteiger partial charge in [-0.15, -0.1) is 0 Å². The molecule has 1 aromatic rings. The molecule has 11 heavy (non-hydrogen) atoms. The van der Waals surface area contributed by atoms with Gasteiger partial charge in [-0.2, -0.15) is 0 Å². The fourth-order valence-corrected chi connectivity index (χ4v) is 0.804.